The molecule has 68 valence electrons. The molecule has 1 aliphatic heterocycles. The van der Waals surface area contributed by atoms with Crippen molar-refractivity contribution >= 4 is 5.91 Å². The molecule has 1 saturated carbocycles. The number of fused-ring (bicyclic) bond motifs is 1. The third-order valence-corrected chi connectivity index (χ3v) is 2.70. The predicted molar refractivity (Wildman–Crippen MR) is 43.4 cm³/mol. The lowest BCUT2D eigenvalue weighted by Gasteiger charge is -2.04. The molecule has 0 spiro atoms. The molecule has 2 aliphatic rings. The second-order valence-electron chi connectivity index (χ2n) is 3.47. The van der Waals surface area contributed by atoms with Crippen molar-refractivity contribution in [1.29, 1.82) is 0 Å². The molecule has 12 heavy (non-hydrogen) atoms. The molecule has 0 aromatic heterocycles. The van der Waals surface area contributed by atoms with Gasteiger partial charge in [0.15, 0.2) is 0 Å². The lowest BCUT2D eigenvalue weighted by molar-refractivity contribution is -0.123. The number of rotatable bonds is 3. The van der Waals surface area contributed by atoms with Gasteiger partial charge in [-0.15, -0.1) is 0 Å². The maximum atomic E-state index is 11.4. The van der Waals surface area contributed by atoms with Crippen molar-refractivity contribution in [3.8, 4) is 0 Å². The SMILES string of the molecule is NCCNC(=O)C1C2COCC21. The fourth-order valence-corrected chi connectivity index (χ4v) is 1.94. The first-order valence-corrected chi connectivity index (χ1v) is 4.40. The summed E-state index contributed by atoms with van der Waals surface area (Å²) in [5.74, 6) is 1.40. The monoisotopic (exact) mass is 170 g/mol. The summed E-state index contributed by atoms with van der Waals surface area (Å²) in [6.45, 7) is 2.65. The van der Waals surface area contributed by atoms with E-state index in [4.69, 9.17) is 10.5 Å². The highest BCUT2D eigenvalue weighted by atomic mass is 16.5. The van der Waals surface area contributed by atoms with Crippen LogP contribution in [0.25, 0.3) is 0 Å². The minimum atomic E-state index is 0.166. The minimum absolute atomic E-state index is 0.166. The molecule has 4 heteroatoms. The number of carbonyl (C=O) groups is 1. The van der Waals surface area contributed by atoms with Gasteiger partial charge in [-0.05, 0) is 11.8 Å². The summed E-state index contributed by atoms with van der Waals surface area (Å²) in [5.41, 5.74) is 5.27. The molecule has 1 aliphatic carbocycles. The van der Waals surface area contributed by atoms with E-state index in [2.05, 4.69) is 5.32 Å². The summed E-state index contributed by atoms with van der Waals surface area (Å²) in [6.07, 6.45) is 0. The van der Waals surface area contributed by atoms with Gasteiger partial charge in [0.05, 0.1) is 13.2 Å². The molecule has 0 aromatic carbocycles. The first-order chi connectivity index (χ1) is 5.84. The van der Waals surface area contributed by atoms with Crippen molar-refractivity contribution in [3.05, 3.63) is 0 Å². The van der Waals surface area contributed by atoms with Crippen molar-refractivity contribution in [2.24, 2.45) is 23.5 Å². The lowest BCUT2D eigenvalue weighted by atomic mass is 10.3. The van der Waals surface area contributed by atoms with Gasteiger partial charge in [0.1, 0.15) is 0 Å². The topological polar surface area (TPSA) is 64.3 Å². The van der Waals surface area contributed by atoms with Gasteiger partial charge in [-0.3, -0.25) is 4.79 Å². The van der Waals surface area contributed by atoms with E-state index in [-0.39, 0.29) is 11.8 Å². The van der Waals surface area contributed by atoms with Crippen molar-refractivity contribution in [1.82, 2.24) is 5.32 Å². The second-order valence-corrected chi connectivity index (χ2v) is 3.47. The standard InChI is InChI=1S/C8H14N2O2/c9-1-2-10-8(11)7-5-3-12-4-6(5)7/h5-7H,1-4,9H2,(H,10,11). The third-order valence-electron chi connectivity index (χ3n) is 2.70. The highest BCUT2D eigenvalue weighted by molar-refractivity contribution is 5.82. The molecule has 2 atom stereocenters. The Kier molecular flexibility index (Phi) is 2.02. The molecule has 1 amide bonds. The maximum Gasteiger partial charge on any atom is 0.223 e. The Morgan fingerprint density at radius 1 is 1.50 bits per heavy atom. The highest BCUT2D eigenvalue weighted by Gasteiger charge is 2.57. The summed E-state index contributed by atoms with van der Waals surface area (Å²) in [5, 5.41) is 2.80. The van der Waals surface area contributed by atoms with E-state index in [0.717, 1.165) is 13.2 Å². The summed E-state index contributed by atoms with van der Waals surface area (Å²) in [7, 11) is 0. The molecule has 2 unspecified atom stereocenters. The van der Waals surface area contributed by atoms with Crippen LogP contribution in [0.5, 0.6) is 0 Å². The van der Waals surface area contributed by atoms with E-state index >= 15 is 0 Å². The molecule has 0 aromatic rings. The van der Waals surface area contributed by atoms with Crippen molar-refractivity contribution in [2.45, 2.75) is 0 Å². The Balaban J connectivity index is 1.76. The van der Waals surface area contributed by atoms with Gasteiger partial charge < -0.3 is 15.8 Å². The summed E-state index contributed by atoms with van der Waals surface area (Å²) < 4.78 is 5.19. The van der Waals surface area contributed by atoms with Gasteiger partial charge in [-0.1, -0.05) is 0 Å². The van der Waals surface area contributed by atoms with Gasteiger partial charge in [0.25, 0.3) is 0 Å². The number of ether oxygens (including phenoxy) is 1. The lowest BCUT2D eigenvalue weighted by Crippen LogP contribution is -2.31. The molecular formula is C8H14N2O2. The minimum Gasteiger partial charge on any atom is -0.381 e. The molecular weight excluding hydrogens is 156 g/mol. The fraction of sp³-hybridized carbons (Fsp3) is 0.875. The highest BCUT2D eigenvalue weighted by Crippen LogP contribution is 2.50. The van der Waals surface area contributed by atoms with Gasteiger partial charge in [0.2, 0.25) is 5.91 Å². The van der Waals surface area contributed by atoms with Crippen molar-refractivity contribution in [2.75, 3.05) is 26.3 Å². The number of carbonyl (C=O) groups excluding carboxylic acids is 1. The molecule has 0 bridgehead atoms. The quantitative estimate of drug-likeness (QED) is 0.568. The van der Waals surface area contributed by atoms with E-state index in [9.17, 15) is 4.79 Å². The third kappa shape index (κ3) is 1.21. The number of amides is 1. The number of hydrogen-bond acceptors (Lipinski definition) is 3. The zero-order valence-electron chi connectivity index (χ0n) is 6.95. The van der Waals surface area contributed by atoms with E-state index in [1.54, 1.807) is 0 Å². The molecule has 3 N–H and O–H groups in total. The van der Waals surface area contributed by atoms with Crippen molar-refractivity contribution < 1.29 is 9.53 Å². The normalized spacial score (nSPS) is 37.6. The number of nitrogens with one attached hydrogen (secondary N) is 1. The molecule has 2 fully saturated rings. The largest absolute Gasteiger partial charge is 0.381 e. The van der Waals surface area contributed by atoms with Gasteiger partial charge in [-0.25, -0.2) is 0 Å². The van der Waals surface area contributed by atoms with Crippen LogP contribution in [-0.4, -0.2) is 32.2 Å². The maximum absolute atomic E-state index is 11.4. The Hall–Kier alpha value is -0.610. The summed E-state index contributed by atoms with van der Waals surface area (Å²) in [4.78, 5) is 11.4. The van der Waals surface area contributed by atoms with Crippen LogP contribution in [-0.2, 0) is 9.53 Å². The van der Waals surface area contributed by atoms with Gasteiger partial charge >= 0.3 is 0 Å². The zero-order valence-corrected chi connectivity index (χ0v) is 6.95. The van der Waals surface area contributed by atoms with E-state index in [1.807, 2.05) is 0 Å². The Labute approximate surface area is 71.4 Å². The first kappa shape index (κ1) is 8.01. The average Bonchev–Trinajstić information content (AvgIpc) is 2.56. The zero-order chi connectivity index (χ0) is 8.55. The smallest absolute Gasteiger partial charge is 0.223 e. The van der Waals surface area contributed by atoms with Crippen LogP contribution in [0.2, 0.25) is 0 Å². The van der Waals surface area contributed by atoms with Gasteiger partial charge in [0, 0.05) is 19.0 Å². The van der Waals surface area contributed by atoms with Crippen LogP contribution in [0.3, 0.4) is 0 Å². The Morgan fingerprint density at radius 3 is 2.75 bits per heavy atom. The predicted octanol–water partition coefficient (Wildman–Crippen LogP) is -1.05. The number of nitrogens with two attached hydrogens (primary N) is 1. The molecule has 0 radical (unpaired) electrons. The molecule has 4 nitrogen and oxygen atoms in total. The van der Waals surface area contributed by atoms with Gasteiger partial charge in [-0.2, -0.15) is 0 Å². The summed E-state index contributed by atoms with van der Waals surface area (Å²) >= 11 is 0. The summed E-state index contributed by atoms with van der Waals surface area (Å²) in [6, 6.07) is 0. The van der Waals surface area contributed by atoms with Crippen LogP contribution in [0.1, 0.15) is 0 Å². The Morgan fingerprint density at radius 2 is 2.17 bits per heavy atom. The van der Waals surface area contributed by atoms with Crippen LogP contribution < -0.4 is 11.1 Å². The van der Waals surface area contributed by atoms with E-state index < -0.39 is 0 Å². The average molecular weight is 170 g/mol. The fourth-order valence-electron chi connectivity index (χ4n) is 1.94. The second kappa shape index (κ2) is 3.03. The van der Waals surface area contributed by atoms with E-state index in [0.29, 0.717) is 24.9 Å². The Bertz CT molecular complexity index is 185. The van der Waals surface area contributed by atoms with Crippen LogP contribution >= 0.6 is 0 Å². The first-order valence-electron chi connectivity index (χ1n) is 4.40. The van der Waals surface area contributed by atoms with Crippen LogP contribution in [0.15, 0.2) is 0 Å². The van der Waals surface area contributed by atoms with Crippen LogP contribution in [0, 0.1) is 17.8 Å². The molecule has 2 rings (SSSR count). The molecule has 1 heterocycles. The van der Waals surface area contributed by atoms with Crippen molar-refractivity contribution in [3.63, 3.8) is 0 Å². The van der Waals surface area contributed by atoms with Crippen LogP contribution in [0.4, 0.5) is 0 Å². The number of hydrogen-bond donors (Lipinski definition) is 2. The van der Waals surface area contributed by atoms with E-state index in [1.165, 1.54) is 0 Å². The molecule has 1 saturated heterocycles.